The van der Waals surface area contributed by atoms with E-state index in [-0.39, 0.29) is 11.9 Å². The molecule has 0 aromatic rings. The monoisotopic (exact) mass is 428 g/mol. The lowest BCUT2D eigenvalue weighted by atomic mass is 9.46. The number of ether oxygens (including phenoxy) is 2. The molecule has 2 heterocycles. The van der Waals surface area contributed by atoms with E-state index in [2.05, 4.69) is 34.6 Å². The van der Waals surface area contributed by atoms with Gasteiger partial charge < -0.3 is 14.6 Å². The summed E-state index contributed by atoms with van der Waals surface area (Å²) in [6, 6.07) is 0. The lowest BCUT2D eigenvalue weighted by molar-refractivity contribution is -0.272. The average Bonchev–Trinajstić information content (AvgIpc) is 3.17. The predicted molar refractivity (Wildman–Crippen MR) is 122 cm³/mol. The Morgan fingerprint density at radius 2 is 1.77 bits per heavy atom. The second-order valence-electron chi connectivity index (χ2n) is 13.2. The summed E-state index contributed by atoms with van der Waals surface area (Å²) in [4.78, 5) is 0. The first-order valence-electron chi connectivity index (χ1n) is 13.4. The Hall–Kier alpha value is -0.380. The largest absolute Gasteiger partial charge is 0.393 e. The molecule has 5 fully saturated rings. The van der Waals surface area contributed by atoms with Crippen molar-refractivity contribution in [2.45, 2.75) is 110 Å². The third-order valence-corrected chi connectivity index (χ3v) is 11.7. The van der Waals surface area contributed by atoms with Crippen molar-refractivity contribution in [2.24, 2.45) is 46.3 Å². The van der Waals surface area contributed by atoms with Crippen LogP contribution in [-0.2, 0) is 9.47 Å². The first-order chi connectivity index (χ1) is 14.7. The number of aliphatic hydroxyl groups excluding tert-OH is 1. The maximum Gasteiger partial charge on any atom is 0.171 e. The molecule has 1 spiro atoms. The molecule has 0 radical (unpaired) electrons. The number of hydrogen-bond acceptors (Lipinski definition) is 3. The average molecular weight is 429 g/mol. The molecule has 6 aliphatic rings. The Balaban J connectivity index is 1.30. The standard InChI is InChI=1S/C28H44O3/c1-16-6-11-28(30-15-16)18(3)25-24(31-28)14-23-20-12-17(2)22-13-19(29)7-9-26(22,4)21(20)8-10-27(23,25)5/h16,18-21,23-25,29H,6-15H2,1-5H3/t16?,18-,19-,20+,21-,23-,24-,25-,26+,27-,28+/m0/s1. The van der Waals surface area contributed by atoms with Gasteiger partial charge in [-0.15, -0.1) is 0 Å². The molecule has 0 aromatic heterocycles. The van der Waals surface area contributed by atoms with Crippen LogP contribution < -0.4 is 0 Å². The molecule has 0 bridgehead atoms. The zero-order valence-corrected chi connectivity index (χ0v) is 20.5. The van der Waals surface area contributed by atoms with Crippen LogP contribution in [0.3, 0.4) is 0 Å². The highest BCUT2D eigenvalue weighted by molar-refractivity contribution is 5.31. The first-order valence-corrected chi connectivity index (χ1v) is 13.4. The Morgan fingerprint density at radius 1 is 0.968 bits per heavy atom. The van der Waals surface area contributed by atoms with Gasteiger partial charge in [0.25, 0.3) is 0 Å². The minimum Gasteiger partial charge on any atom is -0.393 e. The molecular formula is C28H44O3. The Bertz CT molecular complexity index is 779. The van der Waals surface area contributed by atoms with Crippen molar-refractivity contribution in [1.82, 2.24) is 0 Å². The number of rotatable bonds is 0. The quantitative estimate of drug-likeness (QED) is 0.474. The van der Waals surface area contributed by atoms with Crippen molar-refractivity contribution in [2.75, 3.05) is 6.61 Å². The van der Waals surface area contributed by atoms with Crippen molar-refractivity contribution < 1.29 is 14.6 Å². The van der Waals surface area contributed by atoms with Crippen LogP contribution in [-0.4, -0.2) is 29.7 Å². The van der Waals surface area contributed by atoms with Gasteiger partial charge in [-0.2, -0.15) is 0 Å². The van der Waals surface area contributed by atoms with Gasteiger partial charge in [-0.1, -0.05) is 38.8 Å². The zero-order chi connectivity index (χ0) is 21.8. The Labute approximate surface area is 189 Å². The van der Waals surface area contributed by atoms with Crippen LogP contribution in [0.2, 0.25) is 0 Å². The smallest absolute Gasteiger partial charge is 0.171 e. The number of fused-ring (bicyclic) bond motifs is 7. The Morgan fingerprint density at radius 3 is 2.52 bits per heavy atom. The molecule has 1 unspecified atom stereocenters. The van der Waals surface area contributed by atoms with Crippen LogP contribution in [0.4, 0.5) is 0 Å². The van der Waals surface area contributed by atoms with Crippen LogP contribution >= 0.6 is 0 Å². The van der Waals surface area contributed by atoms with Gasteiger partial charge in [-0.05, 0) is 98.7 Å². The molecule has 3 heteroatoms. The summed E-state index contributed by atoms with van der Waals surface area (Å²) in [6.45, 7) is 13.2. The summed E-state index contributed by atoms with van der Waals surface area (Å²) < 4.78 is 13.4. The van der Waals surface area contributed by atoms with Crippen LogP contribution in [0.1, 0.15) is 92.4 Å². The summed E-state index contributed by atoms with van der Waals surface area (Å²) >= 11 is 0. The highest BCUT2D eigenvalue weighted by Gasteiger charge is 2.68. The highest BCUT2D eigenvalue weighted by Crippen LogP contribution is 2.71. The molecule has 4 aliphatic carbocycles. The van der Waals surface area contributed by atoms with E-state index in [4.69, 9.17) is 9.47 Å². The predicted octanol–water partition coefficient (Wildman–Crippen LogP) is 6.10. The summed E-state index contributed by atoms with van der Waals surface area (Å²) in [5.41, 5.74) is 3.95. The van der Waals surface area contributed by atoms with Gasteiger partial charge in [0.15, 0.2) is 5.79 Å². The van der Waals surface area contributed by atoms with Gasteiger partial charge in [0.05, 0.1) is 18.8 Å². The van der Waals surface area contributed by atoms with E-state index in [1.807, 2.05) is 0 Å². The van der Waals surface area contributed by atoms with Gasteiger partial charge in [-0.3, -0.25) is 0 Å². The maximum atomic E-state index is 10.4. The fourth-order valence-corrected chi connectivity index (χ4v) is 10.1. The molecule has 174 valence electrons. The van der Waals surface area contributed by atoms with Crippen LogP contribution in [0, 0.1) is 46.3 Å². The zero-order valence-electron chi connectivity index (χ0n) is 20.5. The van der Waals surface area contributed by atoms with E-state index in [1.165, 1.54) is 38.5 Å². The first kappa shape index (κ1) is 21.2. The molecule has 0 aromatic carbocycles. The van der Waals surface area contributed by atoms with Crippen molar-refractivity contribution in [3.63, 3.8) is 0 Å². The normalized spacial score (nSPS) is 58.6. The molecule has 2 saturated heterocycles. The van der Waals surface area contributed by atoms with E-state index in [1.54, 1.807) is 11.1 Å². The lowest BCUT2D eigenvalue weighted by Gasteiger charge is -2.59. The van der Waals surface area contributed by atoms with E-state index in [0.29, 0.717) is 34.7 Å². The SMILES string of the molecule is CC1=C2C[C@@H](O)CC[C@]2(C)[C@H]2CC[C@]3(C)[C@@H]4[C@H](C[C@H]3[C@@H]2C1)O[C@]1(CCC(C)CO1)[C@H]4C. The molecule has 31 heavy (non-hydrogen) atoms. The second kappa shape index (κ2) is 6.83. The van der Waals surface area contributed by atoms with Gasteiger partial charge in [0.1, 0.15) is 0 Å². The molecule has 6 rings (SSSR count). The number of aliphatic hydroxyl groups is 1. The maximum absolute atomic E-state index is 10.4. The Kier molecular flexibility index (Phi) is 4.66. The van der Waals surface area contributed by atoms with E-state index < -0.39 is 0 Å². The molecular weight excluding hydrogens is 384 g/mol. The lowest BCUT2D eigenvalue weighted by Crippen LogP contribution is -2.53. The van der Waals surface area contributed by atoms with Crippen molar-refractivity contribution in [3.05, 3.63) is 11.1 Å². The van der Waals surface area contributed by atoms with Crippen molar-refractivity contribution >= 4 is 0 Å². The minimum absolute atomic E-state index is 0.113. The number of allylic oxidation sites excluding steroid dienone is 1. The molecule has 0 amide bonds. The second-order valence-corrected chi connectivity index (χ2v) is 13.2. The van der Waals surface area contributed by atoms with Crippen LogP contribution in [0.15, 0.2) is 11.1 Å². The summed E-state index contributed by atoms with van der Waals surface area (Å²) in [7, 11) is 0. The van der Waals surface area contributed by atoms with E-state index in [9.17, 15) is 5.11 Å². The van der Waals surface area contributed by atoms with Crippen LogP contribution in [0.25, 0.3) is 0 Å². The highest BCUT2D eigenvalue weighted by atomic mass is 16.7. The van der Waals surface area contributed by atoms with E-state index in [0.717, 1.165) is 43.6 Å². The third kappa shape index (κ3) is 2.75. The molecule has 11 atom stereocenters. The summed E-state index contributed by atoms with van der Waals surface area (Å²) in [6.07, 6.45) is 10.9. The topological polar surface area (TPSA) is 38.7 Å². The van der Waals surface area contributed by atoms with Gasteiger partial charge in [-0.25, -0.2) is 0 Å². The van der Waals surface area contributed by atoms with Crippen molar-refractivity contribution in [3.8, 4) is 0 Å². The third-order valence-electron chi connectivity index (χ3n) is 11.7. The fraction of sp³-hybridized carbons (Fsp3) is 0.929. The molecule has 3 nitrogen and oxygen atoms in total. The number of hydrogen-bond donors (Lipinski definition) is 1. The minimum atomic E-state index is -0.298. The molecule has 1 N–H and O–H groups in total. The molecule has 3 saturated carbocycles. The summed E-state index contributed by atoms with van der Waals surface area (Å²) in [5, 5.41) is 10.4. The van der Waals surface area contributed by atoms with Crippen molar-refractivity contribution in [1.29, 1.82) is 0 Å². The van der Waals surface area contributed by atoms with Gasteiger partial charge >= 0.3 is 0 Å². The summed E-state index contributed by atoms with van der Waals surface area (Å²) in [5.74, 6) is 3.91. The molecule has 2 aliphatic heterocycles. The fourth-order valence-electron chi connectivity index (χ4n) is 10.1. The van der Waals surface area contributed by atoms with Gasteiger partial charge in [0.2, 0.25) is 0 Å². The van der Waals surface area contributed by atoms with Gasteiger partial charge in [0, 0.05) is 12.3 Å². The van der Waals surface area contributed by atoms with E-state index >= 15 is 0 Å². The van der Waals surface area contributed by atoms with Crippen LogP contribution in [0.5, 0.6) is 0 Å².